The van der Waals surface area contributed by atoms with Crippen LogP contribution < -0.4 is 5.32 Å². The number of rotatable bonds is 6. The van der Waals surface area contributed by atoms with E-state index in [-0.39, 0.29) is 0 Å². The summed E-state index contributed by atoms with van der Waals surface area (Å²) in [6.45, 7) is 1.67. The van der Waals surface area contributed by atoms with Crippen LogP contribution in [0.25, 0.3) is 0 Å². The highest BCUT2D eigenvalue weighted by Crippen LogP contribution is 2.34. The Hall–Kier alpha value is -2.13. The second-order valence-electron chi connectivity index (χ2n) is 5.91. The van der Waals surface area contributed by atoms with Crippen molar-refractivity contribution >= 4 is 5.97 Å². The summed E-state index contributed by atoms with van der Waals surface area (Å²) in [6, 6.07) is 15.9. The smallest absolute Gasteiger partial charge is 0.335 e. The van der Waals surface area contributed by atoms with Crippen molar-refractivity contribution in [2.75, 3.05) is 6.54 Å². The molecule has 0 radical (unpaired) electrons. The molecule has 22 heavy (non-hydrogen) atoms. The highest BCUT2D eigenvalue weighted by atomic mass is 16.4. The molecule has 3 rings (SSSR count). The van der Waals surface area contributed by atoms with Crippen molar-refractivity contribution in [3.63, 3.8) is 0 Å². The van der Waals surface area contributed by atoms with E-state index in [1.54, 1.807) is 18.2 Å². The third kappa shape index (κ3) is 3.37. The van der Waals surface area contributed by atoms with Gasteiger partial charge in [-0.1, -0.05) is 36.4 Å². The molecule has 2 aromatic rings. The van der Waals surface area contributed by atoms with Gasteiger partial charge >= 0.3 is 5.97 Å². The summed E-state index contributed by atoms with van der Waals surface area (Å²) in [5.74, 6) is -0.210. The second-order valence-corrected chi connectivity index (χ2v) is 5.91. The first-order valence-electron chi connectivity index (χ1n) is 7.85. The molecule has 1 unspecified atom stereocenters. The molecule has 2 N–H and O–H groups in total. The van der Waals surface area contributed by atoms with E-state index in [0.717, 1.165) is 25.1 Å². The highest BCUT2D eigenvalue weighted by molar-refractivity contribution is 5.87. The summed E-state index contributed by atoms with van der Waals surface area (Å²) in [5.41, 5.74) is 4.38. The van der Waals surface area contributed by atoms with Crippen LogP contribution in [0.2, 0.25) is 0 Å². The number of fused-ring (bicyclic) bond motifs is 1. The molecule has 1 aliphatic carbocycles. The normalized spacial score (nSPS) is 16.5. The molecule has 0 amide bonds. The number of carbonyl (C=O) groups is 1. The average molecular weight is 295 g/mol. The molecule has 0 saturated carbocycles. The second kappa shape index (κ2) is 6.75. The number of aryl methyl sites for hydroxylation is 1. The summed E-state index contributed by atoms with van der Waals surface area (Å²) in [7, 11) is 0. The minimum atomic E-state index is -0.871. The molecule has 114 valence electrons. The largest absolute Gasteiger partial charge is 0.478 e. The summed E-state index contributed by atoms with van der Waals surface area (Å²) in [5, 5.41) is 12.4. The van der Waals surface area contributed by atoms with Gasteiger partial charge in [-0.3, -0.25) is 0 Å². The van der Waals surface area contributed by atoms with Gasteiger partial charge < -0.3 is 10.4 Å². The van der Waals surface area contributed by atoms with Crippen molar-refractivity contribution < 1.29 is 9.90 Å². The molecule has 0 aromatic heterocycles. The number of carboxylic acids is 1. The Morgan fingerprint density at radius 3 is 2.91 bits per heavy atom. The van der Waals surface area contributed by atoms with Gasteiger partial charge in [-0.05, 0) is 60.5 Å². The Kier molecular flexibility index (Phi) is 4.54. The monoisotopic (exact) mass is 295 g/mol. The molecule has 0 bridgehead atoms. The molecule has 0 saturated heterocycles. The Labute approximate surface area is 131 Å². The van der Waals surface area contributed by atoms with E-state index in [1.807, 2.05) is 6.07 Å². The van der Waals surface area contributed by atoms with E-state index in [2.05, 4.69) is 29.6 Å². The first-order valence-corrected chi connectivity index (χ1v) is 7.85. The van der Waals surface area contributed by atoms with Gasteiger partial charge in [0, 0.05) is 6.54 Å². The molecular formula is C19H21NO2. The fourth-order valence-corrected chi connectivity index (χ4v) is 3.27. The van der Waals surface area contributed by atoms with Crippen molar-refractivity contribution in [3.8, 4) is 0 Å². The third-order valence-electron chi connectivity index (χ3n) is 4.43. The van der Waals surface area contributed by atoms with E-state index >= 15 is 0 Å². The summed E-state index contributed by atoms with van der Waals surface area (Å²) in [4.78, 5) is 11.0. The van der Waals surface area contributed by atoms with Crippen molar-refractivity contribution in [2.45, 2.75) is 31.7 Å². The van der Waals surface area contributed by atoms with Gasteiger partial charge in [-0.2, -0.15) is 0 Å². The lowest BCUT2D eigenvalue weighted by Crippen LogP contribution is -2.17. The van der Waals surface area contributed by atoms with Gasteiger partial charge in [0.05, 0.1) is 5.56 Å². The van der Waals surface area contributed by atoms with Gasteiger partial charge in [0.1, 0.15) is 0 Å². The predicted octanol–water partition coefficient (Wildman–Crippen LogP) is 3.59. The lowest BCUT2D eigenvalue weighted by atomic mass is 9.98. The first-order chi connectivity index (χ1) is 10.7. The zero-order chi connectivity index (χ0) is 15.4. The number of carboxylic acid groups (broad SMARTS) is 1. The van der Waals surface area contributed by atoms with Crippen molar-refractivity contribution in [1.29, 1.82) is 0 Å². The minimum absolute atomic E-state index is 0.351. The lowest BCUT2D eigenvalue weighted by Gasteiger charge is -2.12. The summed E-state index contributed by atoms with van der Waals surface area (Å²) >= 11 is 0. The molecule has 0 spiro atoms. The molecule has 3 nitrogen and oxygen atoms in total. The van der Waals surface area contributed by atoms with Crippen molar-refractivity contribution in [3.05, 3.63) is 70.8 Å². The van der Waals surface area contributed by atoms with Gasteiger partial charge in [0.15, 0.2) is 0 Å². The molecular weight excluding hydrogens is 274 g/mol. The Bertz CT molecular complexity index is 666. The van der Waals surface area contributed by atoms with Crippen LogP contribution in [0.15, 0.2) is 48.5 Å². The van der Waals surface area contributed by atoms with Crippen LogP contribution in [0.3, 0.4) is 0 Å². The molecule has 2 aromatic carbocycles. The van der Waals surface area contributed by atoms with E-state index in [4.69, 9.17) is 5.11 Å². The lowest BCUT2D eigenvalue weighted by molar-refractivity contribution is 0.0696. The van der Waals surface area contributed by atoms with E-state index in [0.29, 0.717) is 11.5 Å². The minimum Gasteiger partial charge on any atom is -0.478 e. The van der Waals surface area contributed by atoms with Gasteiger partial charge in [-0.25, -0.2) is 4.79 Å². The topological polar surface area (TPSA) is 49.3 Å². The molecule has 3 heteroatoms. The van der Waals surface area contributed by atoms with Crippen LogP contribution in [0.1, 0.15) is 45.8 Å². The third-order valence-corrected chi connectivity index (χ3v) is 4.43. The average Bonchev–Trinajstić information content (AvgIpc) is 2.95. The van der Waals surface area contributed by atoms with Crippen molar-refractivity contribution in [1.82, 2.24) is 5.32 Å². The Morgan fingerprint density at radius 1 is 1.18 bits per heavy atom. The number of hydrogen-bond donors (Lipinski definition) is 2. The summed E-state index contributed by atoms with van der Waals surface area (Å²) in [6.07, 6.45) is 3.58. The molecule has 0 heterocycles. The van der Waals surface area contributed by atoms with Crippen LogP contribution in [0.4, 0.5) is 0 Å². The van der Waals surface area contributed by atoms with E-state index in [1.165, 1.54) is 24.0 Å². The zero-order valence-electron chi connectivity index (χ0n) is 12.6. The zero-order valence-corrected chi connectivity index (χ0v) is 12.6. The van der Waals surface area contributed by atoms with E-state index in [9.17, 15) is 4.79 Å². The fraction of sp³-hybridized carbons (Fsp3) is 0.316. The molecule has 0 aliphatic heterocycles. The van der Waals surface area contributed by atoms with Crippen LogP contribution in [-0.4, -0.2) is 17.6 Å². The standard InChI is InChI=1S/C19H21NO2/c21-19(22)17-6-3-4-14(12-17)13-20-11-10-16-9-8-15-5-1-2-7-18(15)16/h1-7,12,16,20H,8-11,13H2,(H,21,22). The fourth-order valence-electron chi connectivity index (χ4n) is 3.27. The van der Waals surface area contributed by atoms with Crippen LogP contribution >= 0.6 is 0 Å². The number of hydrogen-bond acceptors (Lipinski definition) is 2. The van der Waals surface area contributed by atoms with Crippen molar-refractivity contribution in [2.24, 2.45) is 0 Å². The quantitative estimate of drug-likeness (QED) is 0.801. The van der Waals surface area contributed by atoms with Crippen LogP contribution in [0, 0.1) is 0 Å². The van der Waals surface area contributed by atoms with E-state index < -0.39 is 5.97 Å². The molecule has 0 fully saturated rings. The van der Waals surface area contributed by atoms with Gasteiger partial charge in [0.25, 0.3) is 0 Å². The number of nitrogens with one attached hydrogen (secondary N) is 1. The van der Waals surface area contributed by atoms with Crippen LogP contribution in [-0.2, 0) is 13.0 Å². The summed E-state index contributed by atoms with van der Waals surface area (Å²) < 4.78 is 0. The maximum Gasteiger partial charge on any atom is 0.335 e. The van der Waals surface area contributed by atoms with Gasteiger partial charge in [0.2, 0.25) is 0 Å². The highest BCUT2D eigenvalue weighted by Gasteiger charge is 2.20. The molecule has 1 atom stereocenters. The Balaban J connectivity index is 1.49. The number of aromatic carboxylic acids is 1. The predicted molar refractivity (Wildman–Crippen MR) is 87.2 cm³/mol. The SMILES string of the molecule is O=C(O)c1cccc(CNCCC2CCc3ccccc32)c1. The van der Waals surface area contributed by atoms with Crippen LogP contribution in [0.5, 0.6) is 0 Å². The molecule has 1 aliphatic rings. The Morgan fingerprint density at radius 2 is 2.05 bits per heavy atom. The van der Waals surface area contributed by atoms with Gasteiger partial charge in [-0.15, -0.1) is 0 Å². The maximum atomic E-state index is 11.0. The maximum absolute atomic E-state index is 11.0. The number of benzene rings is 2. The first kappa shape index (κ1) is 14.8.